The Kier molecular flexibility index (Phi) is 7.41. The zero-order chi connectivity index (χ0) is 22.4. The number of hydrogen-bond donors (Lipinski definition) is 0. The molecule has 1 aliphatic heterocycles. The van der Waals surface area contributed by atoms with Gasteiger partial charge in [0.15, 0.2) is 0 Å². The number of rotatable bonds is 8. The second-order valence-corrected chi connectivity index (χ2v) is 7.58. The maximum absolute atomic E-state index is 13.2. The summed E-state index contributed by atoms with van der Waals surface area (Å²) in [5.41, 5.74) is 3.88. The van der Waals surface area contributed by atoms with Crippen molar-refractivity contribution < 1.29 is 19.1 Å². The summed E-state index contributed by atoms with van der Waals surface area (Å²) in [5, 5.41) is 6.20. The van der Waals surface area contributed by atoms with Crippen LogP contribution in [0.5, 0.6) is 5.75 Å². The molecule has 2 aromatic rings. The molecular formula is C24H29N3O4. The highest BCUT2D eigenvalue weighted by molar-refractivity contribution is 6.03. The summed E-state index contributed by atoms with van der Waals surface area (Å²) in [6.45, 7) is 4.16. The SMILES string of the molecule is COCCN(CC(=O)N1N=C(c2cccc(OC)c2)C[C@@H]1c1ccc(C)cc1)C(C)=O. The lowest BCUT2D eigenvalue weighted by Gasteiger charge is -2.26. The molecule has 3 rings (SSSR count). The van der Waals surface area contributed by atoms with Crippen LogP contribution in [0, 0.1) is 6.92 Å². The number of hydrogen-bond acceptors (Lipinski definition) is 5. The molecule has 2 amide bonds. The molecule has 0 fully saturated rings. The average molecular weight is 424 g/mol. The molecule has 1 heterocycles. The highest BCUT2D eigenvalue weighted by Crippen LogP contribution is 2.33. The molecule has 0 unspecified atom stereocenters. The van der Waals surface area contributed by atoms with Gasteiger partial charge in [-0.2, -0.15) is 5.10 Å². The van der Waals surface area contributed by atoms with Crippen LogP contribution in [0.25, 0.3) is 0 Å². The van der Waals surface area contributed by atoms with Gasteiger partial charge < -0.3 is 14.4 Å². The van der Waals surface area contributed by atoms with E-state index in [1.165, 1.54) is 16.8 Å². The molecule has 0 saturated heterocycles. The molecule has 164 valence electrons. The minimum Gasteiger partial charge on any atom is -0.497 e. The predicted octanol–water partition coefficient (Wildman–Crippen LogP) is 3.18. The number of nitrogens with zero attached hydrogens (tertiary/aromatic N) is 3. The maximum atomic E-state index is 13.2. The maximum Gasteiger partial charge on any atom is 0.262 e. The Morgan fingerprint density at radius 2 is 1.90 bits per heavy atom. The van der Waals surface area contributed by atoms with Gasteiger partial charge in [-0.15, -0.1) is 0 Å². The van der Waals surface area contributed by atoms with E-state index in [4.69, 9.17) is 9.47 Å². The first-order valence-electron chi connectivity index (χ1n) is 10.3. The first-order chi connectivity index (χ1) is 14.9. The Morgan fingerprint density at radius 1 is 1.16 bits per heavy atom. The Labute approximate surface area is 183 Å². The van der Waals surface area contributed by atoms with Gasteiger partial charge in [-0.1, -0.05) is 42.0 Å². The van der Waals surface area contributed by atoms with Crippen LogP contribution in [-0.2, 0) is 14.3 Å². The number of hydrazone groups is 1. The van der Waals surface area contributed by atoms with Crippen molar-refractivity contribution in [2.75, 3.05) is 33.9 Å². The summed E-state index contributed by atoms with van der Waals surface area (Å²) in [5.74, 6) is 0.336. The number of amides is 2. The normalized spacial score (nSPS) is 15.5. The van der Waals surface area contributed by atoms with Crippen LogP contribution < -0.4 is 4.74 Å². The number of methoxy groups -OCH3 is 2. The van der Waals surface area contributed by atoms with Crippen LogP contribution in [0.4, 0.5) is 0 Å². The molecule has 0 radical (unpaired) electrons. The quantitative estimate of drug-likeness (QED) is 0.654. The van der Waals surface area contributed by atoms with Gasteiger partial charge in [0, 0.05) is 32.6 Å². The molecule has 0 N–H and O–H groups in total. The van der Waals surface area contributed by atoms with Crippen LogP contribution >= 0.6 is 0 Å². The van der Waals surface area contributed by atoms with E-state index in [0.717, 1.165) is 28.2 Å². The molecule has 1 atom stereocenters. The Balaban J connectivity index is 1.90. The molecule has 2 aromatic carbocycles. The molecule has 0 aromatic heterocycles. The summed E-state index contributed by atoms with van der Waals surface area (Å²) < 4.78 is 10.4. The van der Waals surface area contributed by atoms with Gasteiger partial charge in [0.05, 0.1) is 25.5 Å². The Hall–Kier alpha value is -3.19. The van der Waals surface area contributed by atoms with Crippen LogP contribution in [0.3, 0.4) is 0 Å². The molecule has 31 heavy (non-hydrogen) atoms. The van der Waals surface area contributed by atoms with Gasteiger partial charge in [0.1, 0.15) is 12.3 Å². The van der Waals surface area contributed by atoms with Crippen molar-refractivity contribution in [2.45, 2.75) is 26.3 Å². The van der Waals surface area contributed by atoms with E-state index in [-0.39, 0.29) is 24.4 Å². The van der Waals surface area contributed by atoms with E-state index in [1.54, 1.807) is 14.2 Å². The number of benzene rings is 2. The number of carbonyl (C=O) groups is 2. The minimum absolute atomic E-state index is 0.0457. The van der Waals surface area contributed by atoms with Crippen LogP contribution in [0.15, 0.2) is 53.6 Å². The van der Waals surface area contributed by atoms with Gasteiger partial charge in [-0.3, -0.25) is 9.59 Å². The molecule has 0 spiro atoms. The largest absolute Gasteiger partial charge is 0.497 e. The highest BCUT2D eigenvalue weighted by Gasteiger charge is 2.34. The third-order valence-corrected chi connectivity index (χ3v) is 5.37. The van der Waals surface area contributed by atoms with Crippen LogP contribution in [0.2, 0.25) is 0 Å². The monoisotopic (exact) mass is 423 g/mol. The number of aryl methyl sites for hydroxylation is 1. The van der Waals surface area contributed by atoms with E-state index in [9.17, 15) is 9.59 Å². The van der Waals surface area contributed by atoms with E-state index >= 15 is 0 Å². The van der Waals surface area contributed by atoms with Crippen molar-refractivity contribution in [2.24, 2.45) is 5.10 Å². The fourth-order valence-corrected chi connectivity index (χ4v) is 3.55. The summed E-state index contributed by atoms with van der Waals surface area (Å²) in [6.07, 6.45) is 0.583. The highest BCUT2D eigenvalue weighted by atomic mass is 16.5. The Bertz CT molecular complexity index is 956. The first-order valence-corrected chi connectivity index (χ1v) is 10.3. The third-order valence-electron chi connectivity index (χ3n) is 5.37. The summed E-state index contributed by atoms with van der Waals surface area (Å²) in [4.78, 5) is 26.7. The van der Waals surface area contributed by atoms with Crippen LogP contribution in [0.1, 0.15) is 36.1 Å². The zero-order valence-corrected chi connectivity index (χ0v) is 18.5. The standard InChI is InChI=1S/C24H29N3O4/c1-17-8-10-19(11-9-17)23-15-22(20-6-5-7-21(14-20)31-4)25-27(23)24(29)16-26(18(2)28)12-13-30-3/h5-11,14,23H,12-13,15-16H2,1-4H3/t23-/m1/s1. The molecule has 0 aliphatic carbocycles. The average Bonchev–Trinajstić information content (AvgIpc) is 3.22. The summed E-state index contributed by atoms with van der Waals surface area (Å²) in [7, 11) is 3.19. The molecule has 0 saturated carbocycles. The predicted molar refractivity (Wildman–Crippen MR) is 119 cm³/mol. The van der Waals surface area contributed by atoms with Crippen molar-refractivity contribution >= 4 is 17.5 Å². The molecule has 0 bridgehead atoms. The second-order valence-electron chi connectivity index (χ2n) is 7.58. The van der Waals surface area contributed by atoms with E-state index in [0.29, 0.717) is 19.6 Å². The number of carbonyl (C=O) groups excluding carboxylic acids is 2. The second kappa shape index (κ2) is 10.2. The third kappa shape index (κ3) is 5.49. The fourth-order valence-electron chi connectivity index (χ4n) is 3.55. The lowest BCUT2D eigenvalue weighted by atomic mass is 9.97. The van der Waals surface area contributed by atoms with Gasteiger partial charge in [-0.05, 0) is 24.6 Å². The molecular weight excluding hydrogens is 394 g/mol. The van der Waals surface area contributed by atoms with Crippen molar-refractivity contribution in [3.63, 3.8) is 0 Å². The van der Waals surface area contributed by atoms with Gasteiger partial charge in [-0.25, -0.2) is 5.01 Å². The van der Waals surface area contributed by atoms with E-state index in [1.807, 2.05) is 55.5 Å². The summed E-state index contributed by atoms with van der Waals surface area (Å²) in [6, 6.07) is 15.5. The van der Waals surface area contributed by atoms with E-state index < -0.39 is 0 Å². The molecule has 7 heteroatoms. The smallest absolute Gasteiger partial charge is 0.262 e. The van der Waals surface area contributed by atoms with E-state index in [2.05, 4.69) is 5.10 Å². The van der Waals surface area contributed by atoms with Gasteiger partial charge in [0.2, 0.25) is 5.91 Å². The Morgan fingerprint density at radius 3 is 2.55 bits per heavy atom. The fraction of sp³-hybridized carbons (Fsp3) is 0.375. The molecule has 7 nitrogen and oxygen atoms in total. The topological polar surface area (TPSA) is 71.4 Å². The van der Waals surface area contributed by atoms with Gasteiger partial charge in [0.25, 0.3) is 5.91 Å². The lowest BCUT2D eigenvalue weighted by molar-refractivity contribution is -0.141. The van der Waals surface area contributed by atoms with Crippen molar-refractivity contribution in [3.8, 4) is 5.75 Å². The van der Waals surface area contributed by atoms with Crippen molar-refractivity contribution in [3.05, 3.63) is 65.2 Å². The first kappa shape index (κ1) is 22.5. The van der Waals surface area contributed by atoms with Crippen molar-refractivity contribution in [1.29, 1.82) is 0 Å². The lowest BCUT2D eigenvalue weighted by Crippen LogP contribution is -2.41. The van der Waals surface area contributed by atoms with Crippen molar-refractivity contribution in [1.82, 2.24) is 9.91 Å². The zero-order valence-electron chi connectivity index (χ0n) is 18.5. The molecule has 1 aliphatic rings. The van der Waals surface area contributed by atoms with Crippen LogP contribution in [-0.4, -0.2) is 61.4 Å². The number of ether oxygens (including phenoxy) is 2. The summed E-state index contributed by atoms with van der Waals surface area (Å²) >= 11 is 0. The van der Waals surface area contributed by atoms with Gasteiger partial charge >= 0.3 is 0 Å². The minimum atomic E-state index is -0.231.